The van der Waals surface area contributed by atoms with Gasteiger partial charge in [0.2, 0.25) is 0 Å². The second-order valence-corrected chi connectivity index (χ2v) is 9.37. The number of benzene rings is 2. The molecule has 0 spiro atoms. The molecule has 4 rings (SSSR count). The fourth-order valence-corrected chi connectivity index (χ4v) is 4.47. The normalized spacial score (nSPS) is 19.1. The van der Waals surface area contributed by atoms with Gasteiger partial charge < -0.3 is 14.7 Å². The number of anilines is 1. The Hall–Kier alpha value is -3.12. The minimum atomic E-state index is -0.317. The van der Waals surface area contributed by atoms with Crippen LogP contribution in [0.15, 0.2) is 54.2 Å². The van der Waals surface area contributed by atoms with E-state index < -0.39 is 0 Å². The number of hydrogen-bond donors (Lipinski definition) is 1. The molecule has 2 heterocycles. The quantitative estimate of drug-likeness (QED) is 0.648. The van der Waals surface area contributed by atoms with Crippen LogP contribution in [0.1, 0.15) is 37.8 Å². The lowest BCUT2D eigenvalue weighted by Crippen LogP contribution is -2.40. The minimum Gasteiger partial charge on any atom is -0.493 e. The van der Waals surface area contributed by atoms with Crippen molar-refractivity contribution >= 4 is 23.1 Å². The van der Waals surface area contributed by atoms with Crippen molar-refractivity contribution in [1.29, 1.82) is 0 Å². The van der Waals surface area contributed by atoms with Gasteiger partial charge >= 0.3 is 0 Å². The minimum absolute atomic E-state index is 0.0741. The van der Waals surface area contributed by atoms with Crippen molar-refractivity contribution in [3.63, 3.8) is 0 Å². The van der Waals surface area contributed by atoms with Gasteiger partial charge in [-0.25, -0.2) is 4.90 Å². The van der Waals surface area contributed by atoms with Crippen molar-refractivity contribution in [2.75, 3.05) is 31.2 Å². The first-order chi connectivity index (χ1) is 15.9. The molecule has 6 heteroatoms. The first kappa shape index (κ1) is 23.1. The van der Waals surface area contributed by atoms with Gasteiger partial charge in [-0.3, -0.25) is 9.59 Å². The number of amides is 2. The predicted molar refractivity (Wildman–Crippen MR) is 129 cm³/mol. The lowest BCUT2D eigenvalue weighted by Gasteiger charge is -2.34. The number of aliphatic hydroxyl groups excluding tert-OH is 1. The van der Waals surface area contributed by atoms with Crippen molar-refractivity contribution in [3.05, 3.63) is 65.4 Å². The zero-order valence-electron chi connectivity index (χ0n) is 19.6. The zero-order valence-corrected chi connectivity index (χ0v) is 19.6. The monoisotopic (exact) mass is 448 g/mol. The van der Waals surface area contributed by atoms with Gasteiger partial charge in [-0.1, -0.05) is 38.1 Å². The number of carbonyl (C=O) groups is 2. The average molecular weight is 449 g/mol. The summed E-state index contributed by atoms with van der Waals surface area (Å²) in [7, 11) is 0. The van der Waals surface area contributed by atoms with E-state index in [-0.39, 0.29) is 24.3 Å². The highest BCUT2D eigenvalue weighted by Crippen LogP contribution is 2.37. The number of nitrogens with zero attached hydrogens (tertiary/aromatic N) is 2. The van der Waals surface area contributed by atoms with E-state index in [0.717, 1.165) is 24.2 Å². The molecule has 1 fully saturated rings. The standard InChI is InChI=1S/C27H32N2O4/c1-18(2)17-33-23-11-9-21(10-12-23)24-25(28-13-5-7-20(15-28)16-30)27(32)29(26(24)31)22-8-4-6-19(3)14-22/h4,6,8-12,14,18,20,30H,5,7,13,15-17H2,1-3H3. The first-order valence-electron chi connectivity index (χ1n) is 11.7. The van der Waals surface area contributed by atoms with Gasteiger partial charge in [-0.05, 0) is 67.0 Å². The van der Waals surface area contributed by atoms with Crippen molar-refractivity contribution in [3.8, 4) is 5.75 Å². The molecule has 1 unspecified atom stereocenters. The van der Waals surface area contributed by atoms with Crippen molar-refractivity contribution in [2.45, 2.75) is 33.6 Å². The molecule has 6 nitrogen and oxygen atoms in total. The Morgan fingerprint density at radius 1 is 1.09 bits per heavy atom. The van der Waals surface area contributed by atoms with E-state index in [1.165, 1.54) is 4.90 Å². The molecule has 1 N–H and O–H groups in total. The van der Waals surface area contributed by atoms with Gasteiger partial charge in [0, 0.05) is 19.7 Å². The molecule has 2 aliphatic heterocycles. The van der Waals surface area contributed by atoms with E-state index in [0.29, 0.717) is 48.1 Å². The van der Waals surface area contributed by atoms with E-state index in [4.69, 9.17) is 4.74 Å². The summed E-state index contributed by atoms with van der Waals surface area (Å²) in [4.78, 5) is 30.6. The van der Waals surface area contributed by atoms with E-state index in [1.54, 1.807) is 6.07 Å². The number of likely N-dealkylation sites (tertiary alicyclic amines) is 1. The molecule has 0 saturated carbocycles. The Bertz CT molecular complexity index is 1060. The van der Waals surface area contributed by atoms with Crippen molar-refractivity contribution in [1.82, 2.24) is 4.90 Å². The maximum absolute atomic E-state index is 13.7. The Labute approximate surface area is 195 Å². The highest BCUT2D eigenvalue weighted by molar-refractivity contribution is 6.45. The number of aryl methyl sites for hydroxylation is 1. The molecular formula is C27H32N2O4. The smallest absolute Gasteiger partial charge is 0.282 e. The first-order valence-corrected chi connectivity index (χ1v) is 11.7. The SMILES string of the molecule is Cc1cccc(N2C(=O)C(c3ccc(OCC(C)C)cc3)=C(N3CCCC(CO)C3)C2=O)c1. The summed E-state index contributed by atoms with van der Waals surface area (Å²) in [5.41, 5.74) is 3.09. The molecule has 1 saturated heterocycles. The van der Waals surface area contributed by atoms with Crippen LogP contribution in [0.3, 0.4) is 0 Å². The number of hydrogen-bond acceptors (Lipinski definition) is 5. The summed E-state index contributed by atoms with van der Waals surface area (Å²) >= 11 is 0. The highest BCUT2D eigenvalue weighted by atomic mass is 16.5. The second-order valence-electron chi connectivity index (χ2n) is 9.37. The summed E-state index contributed by atoms with van der Waals surface area (Å²) < 4.78 is 5.79. The van der Waals surface area contributed by atoms with Gasteiger partial charge in [0.25, 0.3) is 11.8 Å². The second kappa shape index (κ2) is 9.79. The molecule has 0 aliphatic carbocycles. The molecule has 2 aromatic rings. The lowest BCUT2D eigenvalue weighted by atomic mass is 9.97. The molecular weight excluding hydrogens is 416 g/mol. The summed E-state index contributed by atoms with van der Waals surface area (Å²) in [6, 6.07) is 14.8. The maximum atomic E-state index is 13.7. The Morgan fingerprint density at radius 3 is 2.52 bits per heavy atom. The van der Waals surface area contributed by atoms with Crippen LogP contribution in [0.2, 0.25) is 0 Å². The molecule has 33 heavy (non-hydrogen) atoms. The number of ether oxygens (including phenoxy) is 1. The number of imide groups is 1. The Morgan fingerprint density at radius 2 is 1.85 bits per heavy atom. The van der Waals surface area contributed by atoms with E-state index in [1.807, 2.05) is 54.3 Å². The average Bonchev–Trinajstić information content (AvgIpc) is 3.08. The van der Waals surface area contributed by atoms with Crippen LogP contribution in [0.4, 0.5) is 5.69 Å². The van der Waals surface area contributed by atoms with Gasteiger partial charge in [-0.2, -0.15) is 0 Å². The number of aliphatic hydroxyl groups is 1. The van der Waals surface area contributed by atoms with Crippen LogP contribution in [0.25, 0.3) is 5.57 Å². The molecule has 2 aromatic carbocycles. The summed E-state index contributed by atoms with van der Waals surface area (Å²) in [5, 5.41) is 9.71. The van der Waals surface area contributed by atoms with E-state index in [2.05, 4.69) is 13.8 Å². The van der Waals surface area contributed by atoms with Crippen molar-refractivity contribution < 1.29 is 19.4 Å². The van der Waals surface area contributed by atoms with Crippen LogP contribution >= 0.6 is 0 Å². The third-order valence-electron chi connectivity index (χ3n) is 6.14. The number of carbonyl (C=O) groups excluding carboxylic acids is 2. The third kappa shape index (κ3) is 4.81. The van der Waals surface area contributed by atoms with Crippen LogP contribution in [0.5, 0.6) is 5.75 Å². The zero-order chi connectivity index (χ0) is 23.5. The largest absolute Gasteiger partial charge is 0.493 e. The van der Waals surface area contributed by atoms with Crippen LogP contribution in [-0.2, 0) is 9.59 Å². The summed E-state index contributed by atoms with van der Waals surface area (Å²) in [5.74, 6) is 0.617. The molecule has 0 radical (unpaired) electrons. The Kier molecular flexibility index (Phi) is 6.84. The molecule has 2 aliphatic rings. The molecule has 2 amide bonds. The van der Waals surface area contributed by atoms with Crippen LogP contribution in [0, 0.1) is 18.8 Å². The topological polar surface area (TPSA) is 70.1 Å². The highest BCUT2D eigenvalue weighted by Gasteiger charge is 2.43. The van der Waals surface area contributed by atoms with Gasteiger partial charge in [0.1, 0.15) is 11.4 Å². The third-order valence-corrected chi connectivity index (χ3v) is 6.14. The fraction of sp³-hybridized carbons (Fsp3) is 0.407. The molecule has 0 aromatic heterocycles. The summed E-state index contributed by atoms with van der Waals surface area (Å²) in [6.45, 7) is 8.05. The van der Waals surface area contributed by atoms with Gasteiger partial charge in [-0.15, -0.1) is 0 Å². The van der Waals surface area contributed by atoms with Crippen LogP contribution in [-0.4, -0.2) is 48.1 Å². The molecule has 174 valence electrons. The van der Waals surface area contributed by atoms with Crippen molar-refractivity contribution in [2.24, 2.45) is 11.8 Å². The number of piperidine rings is 1. The molecule has 1 atom stereocenters. The van der Waals surface area contributed by atoms with Crippen LogP contribution < -0.4 is 9.64 Å². The van der Waals surface area contributed by atoms with Gasteiger partial charge in [0.05, 0.1) is 17.9 Å². The van der Waals surface area contributed by atoms with E-state index >= 15 is 0 Å². The Balaban J connectivity index is 1.74. The number of rotatable bonds is 7. The van der Waals surface area contributed by atoms with E-state index in [9.17, 15) is 14.7 Å². The predicted octanol–water partition coefficient (Wildman–Crippen LogP) is 4.02. The fourth-order valence-electron chi connectivity index (χ4n) is 4.47. The maximum Gasteiger partial charge on any atom is 0.282 e. The molecule has 0 bridgehead atoms. The lowest BCUT2D eigenvalue weighted by molar-refractivity contribution is -0.120. The summed E-state index contributed by atoms with van der Waals surface area (Å²) in [6.07, 6.45) is 1.79. The van der Waals surface area contributed by atoms with Gasteiger partial charge in [0.15, 0.2) is 0 Å².